The zero-order valence-corrected chi connectivity index (χ0v) is 17.2. The van der Waals surface area contributed by atoms with Gasteiger partial charge in [-0.15, -0.1) is 0 Å². The molecule has 32 heavy (non-hydrogen) atoms. The molecule has 1 aliphatic rings. The molecular weight excluding hydrogens is 427 g/mol. The molecule has 1 saturated carbocycles. The van der Waals surface area contributed by atoms with E-state index in [9.17, 15) is 18.0 Å². The molecule has 1 heterocycles. The van der Waals surface area contributed by atoms with Gasteiger partial charge in [0, 0.05) is 17.5 Å². The maximum atomic E-state index is 13.5. The number of carboxylic acid groups (broad SMARTS) is 1. The zero-order valence-electron chi connectivity index (χ0n) is 17.2. The average molecular weight is 451 g/mol. The zero-order chi connectivity index (χ0) is 23.3. The Kier molecular flexibility index (Phi) is 7.29. The van der Waals surface area contributed by atoms with Gasteiger partial charge in [-0.1, -0.05) is 48.7 Å². The first-order valence-electron chi connectivity index (χ1n) is 10.2. The lowest BCUT2D eigenvalue weighted by Crippen LogP contribution is -2.32. The fourth-order valence-corrected chi connectivity index (χ4v) is 3.62. The van der Waals surface area contributed by atoms with Gasteiger partial charge < -0.3 is 21.4 Å². The number of nitrogens with zero attached hydrogens (tertiary/aromatic N) is 3. The summed E-state index contributed by atoms with van der Waals surface area (Å²) in [5, 5.41) is 12.3. The van der Waals surface area contributed by atoms with Gasteiger partial charge in [0.1, 0.15) is 6.04 Å². The van der Waals surface area contributed by atoms with E-state index in [0.29, 0.717) is 29.7 Å². The summed E-state index contributed by atoms with van der Waals surface area (Å²) < 4.78 is 40.5. The number of carboxylic acids is 1. The van der Waals surface area contributed by atoms with Crippen molar-refractivity contribution in [3.63, 3.8) is 0 Å². The normalized spacial score (nSPS) is 16.6. The van der Waals surface area contributed by atoms with Gasteiger partial charge in [0.15, 0.2) is 5.71 Å². The van der Waals surface area contributed by atoms with Crippen LogP contribution in [-0.4, -0.2) is 39.0 Å². The summed E-state index contributed by atoms with van der Waals surface area (Å²) in [6, 6.07) is 7.01. The number of anilines is 1. The third-order valence-corrected chi connectivity index (χ3v) is 5.26. The van der Waals surface area contributed by atoms with E-state index in [1.807, 2.05) is 0 Å². The highest BCUT2D eigenvalue weighted by atomic mass is 19.4. The molecule has 0 amide bonds. The molecule has 1 aromatic heterocycles. The van der Waals surface area contributed by atoms with Crippen LogP contribution < -0.4 is 16.3 Å². The minimum Gasteiger partial charge on any atom is -0.480 e. The van der Waals surface area contributed by atoms with Gasteiger partial charge in [0.05, 0.1) is 5.69 Å². The summed E-state index contributed by atoms with van der Waals surface area (Å²) in [6.45, 7) is 0. The lowest BCUT2D eigenvalue weighted by atomic mass is 9.85. The Morgan fingerprint density at radius 1 is 1.19 bits per heavy atom. The second-order valence-electron chi connectivity index (χ2n) is 7.70. The summed E-state index contributed by atoms with van der Waals surface area (Å²) in [7, 11) is 0. The lowest BCUT2D eigenvalue weighted by molar-refractivity contribution is -0.138. The van der Waals surface area contributed by atoms with Crippen LogP contribution >= 0.6 is 0 Å². The van der Waals surface area contributed by atoms with E-state index in [0.717, 1.165) is 19.3 Å². The molecule has 3 rings (SSSR count). The van der Waals surface area contributed by atoms with Crippen LogP contribution in [0.5, 0.6) is 5.88 Å². The van der Waals surface area contributed by atoms with E-state index in [-0.39, 0.29) is 18.2 Å². The molecule has 2 aromatic rings. The van der Waals surface area contributed by atoms with E-state index in [2.05, 4.69) is 15.1 Å². The van der Waals surface area contributed by atoms with E-state index < -0.39 is 29.8 Å². The second kappa shape index (κ2) is 9.94. The van der Waals surface area contributed by atoms with Crippen molar-refractivity contribution in [1.29, 1.82) is 0 Å². The fourth-order valence-electron chi connectivity index (χ4n) is 3.62. The van der Waals surface area contributed by atoms with Crippen LogP contribution in [0.2, 0.25) is 0 Å². The van der Waals surface area contributed by atoms with Crippen molar-refractivity contribution in [1.82, 2.24) is 9.97 Å². The van der Waals surface area contributed by atoms with E-state index in [1.54, 1.807) is 24.3 Å². The Morgan fingerprint density at radius 2 is 1.84 bits per heavy atom. The monoisotopic (exact) mass is 451 g/mol. The number of benzene rings is 1. The van der Waals surface area contributed by atoms with Crippen molar-refractivity contribution in [2.24, 2.45) is 16.8 Å². The highest BCUT2D eigenvalue weighted by molar-refractivity contribution is 5.91. The average Bonchev–Trinajstić information content (AvgIpc) is 2.74. The first kappa shape index (κ1) is 23.5. The van der Waals surface area contributed by atoms with E-state index >= 15 is 0 Å². The summed E-state index contributed by atoms with van der Waals surface area (Å²) in [5.74, 6) is -2.20. The highest BCUT2D eigenvalue weighted by Crippen LogP contribution is 2.32. The van der Waals surface area contributed by atoms with E-state index in [1.165, 1.54) is 6.07 Å². The Hall–Kier alpha value is -3.21. The number of hydrogen-bond donors (Lipinski definition) is 3. The number of nitrogens with two attached hydrogens (primary N) is 2. The quantitative estimate of drug-likeness (QED) is 0.432. The van der Waals surface area contributed by atoms with Gasteiger partial charge in [-0.3, -0.25) is 4.79 Å². The lowest BCUT2D eigenvalue weighted by Gasteiger charge is -2.23. The molecule has 11 heteroatoms. The number of nitrogen functional groups attached to an aromatic ring is 1. The largest absolute Gasteiger partial charge is 0.480 e. The molecule has 0 spiro atoms. The van der Waals surface area contributed by atoms with Gasteiger partial charge in [0.25, 0.3) is 5.88 Å². The molecule has 172 valence electrons. The molecule has 1 aromatic carbocycles. The van der Waals surface area contributed by atoms with Gasteiger partial charge in [-0.2, -0.15) is 18.2 Å². The van der Waals surface area contributed by atoms with Crippen molar-refractivity contribution < 1.29 is 27.9 Å². The molecule has 1 fully saturated rings. The molecule has 1 aliphatic carbocycles. The SMILES string of the molecule is Nc1nc(ON=C(C2CCCCC2)C(F)(F)F)cc(-c2ccc(CC(N)C(=O)O)cc2)n1. The summed E-state index contributed by atoms with van der Waals surface area (Å²) in [4.78, 5) is 23.8. The topological polar surface area (TPSA) is 137 Å². The molecule has 8 nitrogen and oxygen atoms in total. The molecule has 5 N–H and O–H groups in total. The molecule has 1 atom stereocenters. The summed E-state index contributed by atoms with van der Waals surface area (Å²) in [6.07, 6.45) is -1.28. The van der Waals surface area contributed by atoms with Gasteiger partial charge in [-0.25, -0.2) is 4.98 Å². The summed E-state index contributed by atoms with van der Waals surface area (Å²) in [5.41, 5.74) is 11.9. The Labute approximate surface area is 182 Å². The predicted octanol–water partition coefficient (Wildman–Crippen LogP) is 3.56. The minimum absolute atomic E-state index is 0.145. The van der Waals surface area contributed by atoms with Crippen molar-refractivity contribution in [2.45, 2.75) is 50.7 Å². The molecule has 0 radical (unpaired) electrons. The van der Waals surface area contributed by atoms with Gasteiger partial charge in [0.2, 0.25) is 5.95 Å². The van der Waals surface area contributed by atoms with Gasteiger partial charge >= 0.3 is 12.1 Å². The number of carbonyl (C=O) groups is 1. The van der Waals surface area contributed by atoms with Crippen LogP contribution in [0, 0.1) is 5.92 Å². The van der Waals surface area contributed by atoms with Crippen molar-refractivity contribution in [3.05, 3.63) is 35.9 Å². The van der Waals surface area contributed by atoms with Crippen molar-refractivity contribution in [3.8, 4) is 17.1 Å². The number of rotatable bonds is 7. The van der Waals surface area contributed by atoms with Crippen LogP contribution in [0.25, 0.3) is 11.3 Å². The Balaban J connectivity index is 1.80. The third kappa shape index (κ3) is 6.16. The maximum Gasteiger partial charge on any atom is 0.433 e. The number of halogens is 3. The minimum atomic E-state index is -4.60. The summed E-state index contributed by atoms with van der Waals surface area (Å²) >= 11 is 0. The molecule has 0 aliphatic heterocycles. The van der Waals surface area contributed by atoms with Crippen LogP contribution in [0.4, 0.5) is 19.1 Å². The standard InChI is InChI=1S/C21H24F3N5O3/c22-21(23,24)18(14-4-2-1-3-5-14)29-32-17-11-16(27-20(26)28-17)13-8-6-12(7-9-13)10-15(25)19(30)31/h6-9,11,14-15H,1-5,10,25H2,(H,30,31)(H2,26,27,28). The fraction of sp³-hybridized carbons (Fsp3) is 0.429. The first-order valence-corrected chi connectivity index (χ1v) is 10.2. The van der Waals surface area contributed by atoms with Crippen LogP contribution in [0.15, 0.2) is 35.5 Å². The number of aliphatic carboxylic acids is 1. The first-order chi connectivity index (χ1) is 15.1. The Bertz CT molecular complexity index is 974. The molecule has 0 saturated heterocycles. The third-order valence-electron chi connectivity index (χ3n) is 5.26. The smallest absolute Gasteiger partial charge is 0.433 e. The maximum absolute atomic E-state index is 13.5. The molecule has 1 unspecified atom stereocenters. The number of aromatic nitrogens is 2. The van der Waals surface area contributed by atoms with Crippen LogP contribution in [-0.2, 0) is 11.2 Å². The van der Waals surface area contributed by atoms with E-state index in [4.69, 9.17) is 21.4 Å². The molecular formula is C21H24F3N5O3. The van der Waals surface area contributed by atoms with Crippen molar-refractivity contribution in [2.75, 3.05) is 5.73 Å². The van der Waals surface area contributed by atoms with Crippen LogP contribution in [0.1, 0.15) is 37.7 Å². The highest BCUT2D eigenvalue weighted by Gasteiger charge is 2.42. The molecule has 0 bridgehead atoms. The van der Waals surface area contributed by atoms with Crippen molar-refractivity contribution >= 4 is 17.6 Å². The van der Waals surface area contributed by atoms with Crippen LogP contribution in [0.3, 0.4) is 0 Å². The number of hydrogen-bond acceptors (Lipinski definition) is 7. The predicted molar refractivity (Wildman–Crippen MR) is 112 cm³/mol. The second-order valence-corrected chi connectivity index (χ2v) is 7.70. The number of oxime groups is 1. The van der Waals surface area contributed by atoms with Gasteiger partial charge in [-0.05, 0) is 24.8 Å². The number of alkyl halides is 3. The Morgan fingerprint density at radius 3 is 2.44 bits per heavy atom.